The number of fused-ring (bicyclic) bond motifs is 4. The zero-order valence-corrected chi connectivity index (χ0v) is 15.3. The molecular formula is C20H21N3OS. The first-order valence-electron chi connectivity index (χ1n) is 8.95. The maximum atomic E-state index is 11.6. The van der Waals surface area contributed by atoms with Crippen LogP contribution in [0.1, 0.15) is 20.3 Å². The molecule has 0 amide bonds. The Morgan fingerprint density at radius 3 is 2.68 bits per heavy atom. The van der Waals surface area contributed by atoms with E-state index in [1.165, 1.54) is 12.1 Å². The number of aromatic nitrogens is 1. The number of piperidine rings is 1. The van der Waals surface area contributed by atoms with E-state index in [1.807, 2.05) is 6.07 Å². The van der Waals surface area contributed by atoms with Gasteiger partial charge in [-0.2, -0.15) is 0 Å². The predicted octanol–water partition coefficient (Wildman–Crippen LogP) is 3.43. The number of rotatable bonds is 2. The SMILES string of the molecule is CC(C)N1[C@@H]2C[C@H]1CN(c1ccc3nc4ccc(=O)cc-4sc3c1)C2. The zero-order valence-electron chi connectivity index (χ0n) is 14.5. The van der Waals surface area contributed by atoms with Gasteiger partial charge in [-0.15, -0.1) is 11.3 Å². The quantitative estimate of drug-likeness (QED) is 0.663. The van der Waals surface area contributed by atoms with Crippen molar-refractivity contribution >= 4 is 27.2 Å². The molecule has 1 aromatic carbocycles. The molecule has 128 valence electrons. The second kappa shape index (κ2) is 5.51. The maximum Gasteiger partial charge on any atom is 0.180 e. The van der Waals surface area contributed by atoms with Gasteiger partial charge in [0.15, 0.2) is 5.43 Å². The highest BCUT2D eigenvalue weighted by Gasteiger charge is 2.45. The third-order valence-electron chi connectivity index (χ3n) is 5.55. The van der Waals surface area contributed by atoms with Crippen LogP contribution in [0.15, 0.2) is 41.2 Å². The number of anilines is 1. The average molecular weight is 351 g/mol. The van der Waals surface area contributed by atoms with E-state index in [-0.39, 0.29) is 5.43 Å². The lowest BCUT2D eigenvalue weighted by atomic mass is 9.85. The van der Waals surface area contributed by atoms with Gasteiger partial charge in [-0.3, -0.25) is 9.69 Å². The molecule has 0 saturated carbocycles. The van der Waals surface area contributed by atoms with Gasteiger partial charge in [-0.1, -0.05) is 0 Å². The molecule has 0 radical (unpaired) electrons. The minimum Gasteiger partial charge on any atom is -0.368 e. The van der Waals surface area contributed by atoms with E-state index < -0.39 is 0 Å². The molecule has 1 aromatic rings. The van der Waals surface area contributed by atoms with E-state index in [0.717, 1.165) is 33.9 Å². The largest absolute Gasteiger partial charge is 0.368 e. The standard InChI is InChI=1S/C20H21N3OS/c1-12(2)23-14-7-15(23)11-22(10-14)13-3-5-17-19(8-13)25-20-9-16(24)4-6-18(20)21-17/h3-6,8-9,12,14-15H,7,10-11H2,1-2H3/t14-,15+. The van der Waals surface area contributed by atoms with Gasteiger partial charge in [0.25, 0.3) is 0 Å². The van der Waals surface area contributed by atoms with Crippen molar-refractivity contribution in [3.63, 3.8) is 0 Å². The van der Waals surface area contributed by atoms with Crippen LogP contribution in [0.25, 0.3) is 20.8 Å². The average Bonchev–Trinajstić information content (AvgIpc) is 2.59. The van der Waals surface area contributed by atoms with Crippen molar-refractivity contribution in [1.82, 2.24) is 9.88 Å². The minimum absolute atomic E-state index is 0.0472. The van der Waals surface area contributed by atoms with Crippen LogP contribution >= 0.6 is 11.3 Å². The fourth-order valence-corrected chi connectivity index (χ4v) is 5.51. The second-order valence-corrected chi connectivity index (χ2v) is 8.57. The fourth-order valence-electron chi connectivity index (χ4n) is 4.48. The van der Waals surface area contributed by atoms with E-state index in [4.69, 9.17) is 4.98 Å². The summed E-state index contributed by atoms with van der Waals surface area (Å²) in [5.74, 6) is 0. The molecule has 0 N–H and O–H groups in total. The van der Waals surface area contributed by atoms with Crippen LogP contribution in [0, 0.1) is 0 Å². The van der Waals surface area contributed by atoms with Crippen LogP contribution in [0.3, 0.4) is 0 Å². The van der Waals surface area contributed by atoms with Crippen LogP contribution in [-0.4, -0.2) is 41.1 Å². The smallest absolute Gasteiger partial charge is 0.180 e. The Kier molecular flexibility index (Phi) is 3.37. The first kappa shape index (κ1) is 15.3. The molecule has 5 aliphatic rings. The van der Waals surface area contributed by atoms with E-state index in [9.17, 15) is 4.79 Å². The van der Waals surface area contributed by atoms with Gasteiger partial charge in [0.2, 0.25) is 0 Å². The Balaban J connectivity index is 1.50. The first-order chi connectivity index (χ1) is 12.1. The molecule has 1 aliphatic carbocycles. The summed E-state index contributed by atoms with van der Waals surface area (Å²) in [6.45, 7) is 6.81. The Hall–Kier alpha value is -1.98. The summed E-state index contributed by atoms with van der Waals surface area (Å²) in [4.78, 5) is 22.5. The summed E-state index contributed by atoms with van der Waals surface area (Å²) in [5.41, 5.74) is 3.23. The minimum atomic E-state index is 0.0472. The van der Waals surface area contributed by atoms with Crippen LogP contribution in [0.2, 0.25) is 0 Å². The molecule has 6 rings (SSSR count). The second-order valence-electron chi connectivity index (χ2n) is 7.48. The van der Waals surface area contributed by atoms with Gasteiger partial charge < -0.3 is 4.90 Å². The van der Waals surface area contributed by atoms with Crippen molar-refractivity contribution < 1.29 is 0 Å². The van der Waals surface area contributed by atoms with Gasteiger partial charge in [0.05, 0.1) is 20.8 Å². The van der Waals surface area contributed by atoms with Crippen LogP contribution in [0.5, 0.6) is 0 Å². The van der Waals surface area contributed by atoms with Crippen molar-refractivity contribution in [3.05, 3.63) is 46.6 Å². The van der Waals surface area contributed by atoms with Gasteiger partial charge in [0.1, 0.15) is 0 Å². The lowest BCUT2D eigenvalue weighted by Crippen LogP contribution is -2.70. The summed E-state index contributed by atoms with van der Waals surface area (Å²) >= 11 is 1.66. The van der Waals surface area contributed by atoms with Gasteiger partial charge >= 0.3 is 0 Å². The molecule has 4 nitrogen and oxygen atoms in total. The molecule has 2 atom stereocenters. The third kappa shape index (κ3) is 2.45. The predicted molar refractivity (Wildman–Crippen MR) is 104 cm³/mol. The molecule has 4 heterocycles. The van der Waals surface area contributed by atoms with Crippen molar-refractivity contribution in [2.24, 2.45) is 0 Å². The molecule has 5 heteroatoms. The number of nitrogens with zero attached hydrogens (tertiary/aromatic N) is 3. The van der Waals surface area contributed by atoms with E-state index in [2.05, 4.69) is 41.8 Å². The molecule has 0 spiro atoms. The molecule has 3 fully saturated rings. The molecule has 0 unspecified atom stereocenters. The molecule has 2 bridgehead atoms. The van der Waals surface area contributed by atoms with Crippen molar-refractivity contribution in [3.8, 4) is 10.6 Å². The van der Waals surface area contributed by atoms with E-state index in [1.54, 1.807) is 23.5 Å². The Labute approximate surface area is 151 Å². The zero-order chi connectivity index (χ0) is 17.1. The van der Waals surface area contributed by atoms with Crippen molar-refractivity contribution in [2.45, 2.75) is 38.4 Å². The van der Waals surface area contributed by atoms with Gasteiger partial charge in [-0.05, 0) is 50.6 Å². The normalized spacial score (nSPS) is 23.4. The lowest BCUT2D eigenvalue weighted by Gasteiger charge is -2.58. The molecular weight excluding hydrogens is 330 g/mol. The maximum absolute atomic E-state index is 11.6. The highest BCUT2D eigenvalue weighted by molar-refractivity contribution is 7.21. The van der Waals surface area contributed by atoms with Gasteiger partial charge in [0, 0.05) is 43.0 Å². The molecule has 3 saturated heterocycles. The summed E-state index contributed by atoms with van der Waals surface area (Å²) < 4.78 is 1.15. The van der Waals surface area contributed by atoms with E-state index >= 15 is 0 Å². The summed E-state index contributed by atoms with van der Waals surface area (Å²) in [6, 6.07) is 13.7. The Morgan fingerprint density at radius 1 is 1.12 bits per heavy atom. The topological polar surface area (TPSA) is 36.4 Å². The summed E-state index contributed by atoms with van der Waals surface area (Å²) in [7, 11) is 0. The van der Waals surface area contributed by atoms with Crippen molar-refractivity contribution in [1.29, 1.82) is 0 Å². The highest BCUT2D eigenvalue weighted by Crippen LogP contribution is 2.38. The van der Waals surface area contributed by atoms with Crippen LogP contribution in [0.4, 0.5) is 5.69 Å². The monoisotopic (exact) mass is 351 g/mol. The lowest BCUT2D eigenvalue weighted by molar-refractivity contribution is -0.0270. The summed E-state index contributed by atoms with van der Waals surface area (Å²) in [5, 5.41) is 0. The summed E-state index contributed by atoms with van der Waals surface area (Å²) in [6.07, 6.45) is 1.34. The third-order valence-corrected chi connectivity index (χ3v) is 6.64. The molecule has 25 heavy (non-hydrogen) atoms. The molecule has 0 aromatic heterocycles. The van der Waals surface area contributed by atoms with E-state index in [0.29, 0.717) is 18.1 Å². The van der Waals surface area contributed by atoms with Crippen LogP contribution in [-0.2, 0) is 0 Å². The highest BCUT2D eigenvalue weighted by atomic mass is 32.1. The van der Waals surface area contributed by atoms with Gasteiger partial charge in [-0.25, -0.2) is 4.98 Å². The fraction of sp³-hybridized carbons (Fsp3) is 0.400. The Morgan fingerprint density at radius 2 is 1.92 bits per heavy atom. The van der Waals surface area contributed by atoms with Crippen LogP contribution < -0.4 is 10.3 Å². The number of benzene rings is 2. The number of hydrogen-bond acceptors (Lipinski definition) is 5. The number of hydrogen-bond donors (Lipinski definition) is 0. The number of piperazine rings is 1. The Bertz CT molecular complexity index is 970. The van der Waals surface area contributed by atoms with Crippen molar-refractivity contribution in [2.75, 3.05) is 18.0 Å². The first-order valence-corrected chi connectivity index (χ1v) is 9.77. The molecule has 4 aliphatic heterocycles.